The van der Waals surface area contributed by atoms with Crippen LogP contribution in [0.4, 0.5) is 0 Å². The fraction of sp³-hybridized carbons (Fsp3) is 0.219. The van der Waals surface area contributed by atoms with E-state index >= 15 is 0 Å². The molecule has 0 fully saturated rings. The van der Waals surface area contributed by atoms with Gasteiger partial charge in [0.1, 0.15) is 11.9 Å². The lowest BCUT2D eigenvalue weighted by molar-refractivity contribution is -0.139. The van der Waals surface area contributed by atoms with E-state index in [0.717, 1.165) is 40.2 Å². The van der Waals surface area contributed by atoms with Gasteiger partial charge in [-0.3, -0.25) is 4.79 Å². The molecular formula is C32H26O3. The average Bonchev–Trinajstić information content (AvgIpc) is 3.51. The van der Waals surface area contributed by atoms with Crippen LogP contribution < -0.4 is 25.6 Å². The van der Waals surface area contributed by atoms with Gasteiger partial charge in [-0.25, -0.2) is 0 Å². The van der Waals surface area contributed by atoms with E-state index in [1.165, 1.54) is 40.7 Å². The number of fused-ring (bicyclic) bond motifs is 7. The Balaban J connectivity index is 1.32. The van der Waals surface area contributed by atoms with Crippen LogP contribution in [-0.4, -0.2) is 19.2 Å². The minimum absolute atomic E-state index is 0.0915. The number of benzene rings is 2. The number of carbonyl (C=O) groups excluding carboxylic acids is 1. The molecule has 0 saturated carbocycles. The van der Waals surface area contributed by atoms with E-state index in [-0.39, 0.29) is 24.4 Å². The summed E-state index contributed by atoms with van der Waals surface area (Å²) in [6.45, 7) is 0. The quantitative estimate of drug-likeness (QED) is 0.662. The third-order valence-electron chi connectivity index (χ3n) is 7.92. The predicted molar refractivity (Wildman–Crippen MR) is 140 cm³/mol. The van der Waals surface area contributed by atoms with Crippen molar-refractivity contribution >= 4 is 41.4 Å². The Kier molecular flexibility index (Phi) is 4.60. The molecule has 1 heterocycles. The van der Waals surface area contributed by atoms with Crippen molar-refractivity contribution < 1.29 is 14.3 Å². The maximum atomic E-state index is 12.0. The zero-order valence-electron chi connectivity index (χ0n) is 19.7. The third kappa shape index (κ3) is 3.15. The van der Waals surface area contributed by atoms with Gasteiger partial charge in [-0.05, 0) is 74.9 Å². The summed E-state index contributed by atoms with van der Waals surface area (Å²) in [6, 6.07) is 8.74. The summed E-state index contributed by atoms with van der Waals surface area (Å²) in [5, 5.41) is 4.87. The van der Waals surface area contributed by atoms with Gasteiger partial charge in [-0.2, -0.15) is 0 Å². The summed E-state index contributed by atoms with van der Waals surface area (Å²) >= 11 is 0. The van der Waals surface area contributed by atoms with Crippen LogP contribution in [0.2, 0.25) is 0 Å². The highest BCUT2D eigenvalue weighted by Gasteiger charge is 2.29. The molecule has 0 aromatic heterocycles. The van der Waals surface area contributed by atoms with Gasteiger partial charge >= 0.3 is 5.97 Å². The summed E-state index contributed by atoms with van der Waals surface area (Å²) < 4.78 is 11.5. The number of hydrogen-bond donors (Lipinski definition) is 0. The number of methoxy groups -OCH3 is 1. The van der Waals surface area contributed by atoms with Crippen LogP contribution in [0.25, 0.3) is 35.5 Å². The number of hydrogen-bond acceptors (Lipinski definition) is 3. The highest BCUT2D eigenvalue weighted by molar-refractivity contribution is 5.88. The van der Waals surface area contributed by atoms with Crippen LogP contribution in [0.15, 0.2) is 60.2 Å². The van der Waals surface area contributed by atoms with Gasteiger partial charge in [-0.1, -0.05) is 72.4 Å². The molecule has 35 heavy (non-hydrogen) atoms. The van der Waals surface area contributed by atoms with Crippen molar-refractivity contribution in [1.82, 2.24) is 0 Å². The van der Waals surface area contributed by atoms with Crippen molar-refractivity contribution in [2.45, 2.75) is 37.7 Å². The van der Waals surface area contributed by atoms with Crippen LogP contribution in [0.3, 0.4) is 0 Å². The van der Waals surface area contributed by atoms with Gasteiger partial charge in [0.15, 0.2) is 0 Å². The maximum Gasteiger partial charge on any atom is 0.310 e. The Morgan fingerprint density at radius 2 is 2.03 bits per heavy atom. The SMILES string of the molecule is COC(=O)CC1=c2c(ccc3c2=C[C@@H](C2C=CC=c4c2ccc2c4=CCC4=C2C=CCC4)O3)C=C1. The first-order valence-electron chi connectivity index (χ1n) is 12.4. The smallest absolute Gasteiger partial charge is 0.310 e. The summed E-state index contributed by atoms with van der Waals surface area (Å²) in [4.78, 5) is 12.0. The van der Waals surface area contributed by atoms with Crippen molar-refractivity contribution in [1.29, 1.82) is 0 Å². The molecule has 4 aliphatic carbocycles. The Morgan fingerprint density at radius 3 is 2.94 bits per heavy atom. The molecule has 1 aliphatic heterocycles. The molecule has 0 spiro atoms. The van der Waals surface area contributed by atoms with Gasteiger partial charge in [0, 0.05) is 11.1 Å². The Bertz CT molecular complexity index is 1680. The molecule has 2 aromatic carbocycles. The molecule has 0 amide bonds. The zero-order chi connectivity index (χ0) is 23.5. The second-order valence-corrected chi connectivity index (χ2v) is 9.78. The molecule has 2 atom stereocenters. The molecule has 0 radical (unpaired) electrons. The first-order valence-corrected chi connectivity index (χ1v) is 12.4. The lowest BCUT2D eigenvalue weighted by atomic mass is 9.81. The predicted octanol–water partition coefficient (Wildman–Crippen LogP) is 3.39. The molecule has 1 unspecified atom stereocenters. The van der Waals surface area contributed by atoms with Crippen LogP contribution in [-0.2, 0) is 9.53 Å². The van der Waals surface area contributed by atoms with E-state index in [1.807, 2.05) is 6.08 Å². The monoisotopic (exact) mass is 458 g/mol. The molecule has 172 valence electrons. The average molecular weight is 459 g/mol. The topological polar surface area (TPSA) is 35.5 Å². The van der Waals surface area contributed by atoms with Crippen molar-refractivity contribution in [3.8, 4) is 5.75 Å². The molecule has 5 aliphatic rings. The highest BCUT2D eigenvalue weighted by Crippen LogP contribution is 2.33. The molecular weight excluding hydrogens is 432 g/mol. The van der Waals surface area contributed by atoms with Crippen molar-refractivity contribution in [3.63, 3.8) is 0 Å². The van der Waals surface area contributed by atoms with Crippen LogP contribution in [0.5, 0.6) is 5.75 Å². The van der Waals surface area contributed by atoms with Crippen LogP contribution in [0.1, 0.15) is 48.3 Å². The molecule has 3 nitrogen and oxygen atoms in total. The summed E-state index contributed by atoms with van der Waals surface area (Å²) in [6.07, 6.45) is 23.6. The largest absolute Gasteiger partial charge is 0.485 e. The fourth-order valence-electron chi connectivity index (χ4n) is 6.23. The normalized spacial score (nSPS) is 22.1. The summed E-state index contributed by atoms with van der Waals surface area (Å²) in [5.74, 6) is 0.792. The minimum atomic E-state index is -0.225. The van der Waals surface area contributed by atoms with E-state index in [0.29, 0.717) is 0 Å². The molecule has 0 N–H and O–H groups in total. The standard InChI is InChI=1S/C32H26O3/c1-34-31(33)17-21-10-9-20-12-16-29-28(32(20)21)18-30(35-29)27-8-4-7-23-25-13-11-19-5-2-3-6-22(19)24(25)14-15-26(23)27/h3-4,6-10,12-16,18,27,30H,2,5,11,17H2,1H3/t27?,30-/m0/s1. The van der Waals surface area contributed by atoms with Crippen LogP contribution in [0, 0.1) is 0 Å². The van der Waals surface area contributed by atoms with E-state index in [2.05, 4.69) is 72.9 Å². The second-order valence-electron chi connectivity index (χ2n) is 9.78. The van der Waals surface area contributed by atoms with Crippen LogP contribution >= 0.6 is 0 Å². The first-order chi connectivity index (χ1) is 17.2. The Hall–Kier alpha value is -3.85. The van der Waals surface area contributed by atoms with Gasteiger partial charge in [-0.15, -0.1) is 0 Å². The molecule has 7 rings (SSSR count). The summed E-state index contributed by atoms with van der Waals surface area (Å²) in [7, 11) is 1.44. The van der Waals surface area contributed by atoms with Gasteiger partial charge in [0.2, 0.25) is 0 Å². The lowest BCUT2D eigenvalue weighted by Crippen LogP contribution is -2.37. The third-order valence-corrected chi connectivity index (χ3v) is 7.92. The van der Waals surface area contributed by atoms with E-state index in [1.54, 1.807) is 5.57 Å². The first kappa shape index (κ1) is 20.5. The number of allylic oxidation sites excluding steroid dienone is 6. The molecule has 3 heteroatoms. The van der Waals surface area contributed by atoms with Crippen molar-refractivity contribution in [2.24, 2.45) is 0 Å². The second kappa shape index (κ2) is 7.84. The molecule has 0 bridgehead atoms. The molecule has 0 saturated heterocycles. The van der Waals surface area contributed by atoms with Gasteiger partial charge in [0.25, 0.3) is 0 Å². The minimum Gasteiger partial charge on any atom is -0.485 e. The van der Waals surface area contributed by atoms with Gasteiger partial charge < -0.3 is 9.47 Å². The fourth-order valence-corrected chi connectivity index (χ4v) is 6.23. The van der Waals surface area contributed by atoms with Gasteiger partial charge in [0.05, 0.1) is 13.5 Å². The Morgan fingerprint density at radius 1 is 1.09 bits per heavy atom. The number of esters is 1. The number of rotatable bonds is 3. The molecule has 2 aromatic rings. The van der Waals surface area contributed by atoms with E-state index in [4.69, 9.17) is 9.47 Å². The van der Waals surface area contributed by atoms with E-state index < -0.39 is 0 Å². The van der Waals surface area contributed by atoms with Crippen molar-refractivity contribution in [3.05, 3.63) is 97.8 Å². The van der Waals surface area contributed by atoms with E-state index in [9.17, 15) is 4.79 Å². The number of carbonyl (C=O) groups is 1. The highest BCUT2D eigenvalue weighted by atomic mass is 16.5. The van der Waals surface area contributed by atoms with Crippen molar-refractivity contribution in [2.75, 3.05) is 7.11 Å². The maximum absolute atomic E-state index is 12.0. The lowest BCUT2D eigenvalue weighted by Gasteiger charge is -2.26. The Labute approximate surface area is 204 Å². The summed E-state index contributed by atoms with van der Waals surface area (Å²) in [5.41, 5.74) is 7.77. The number of ether oxygens (including phenoxy) is 2. The zero-order valence-corrected chi connectivity index (χ0v) is 19.7.